The summed E-state index contributed by atoms with van der Waals surface area (Å²) < 4.78 is 38.1. The summed E-state index contributed by atoms with van der Waals surface area (Å²) in [7, 11) is 0. The average Bonchev–Trinajstić information content (AvgIpc) is 2.79. The summed E-state index contributed by atoms with van der Waals surface area (Å²) in [6.45, 7) is 2.12. The predicted octanol–water partition coefficient (Wildman–Crippen LogP) is 4.15. The van der Waals surface area contributed by atoms with Gasteiger partial charge in [0, 0.05) is 11.6 Å². The number of H-pyrrole nitrogens is 1. The third kappa shape index (κ3) is 4.30. The van der Waals surface area contributed by atoms with Crippen molar-refractivity contribution in [3.05, 3.63) is 84.1 Å². The number of benzene rings is 2. The Morgan fingerprint density at radius 1 is 0.800 bits per heavy atom. The molecule has 30 heavy (non-hydrogen) atoms. The summed E-state index contributed by atoms with van der Waals surface area (Å²) in [5.41, 5.74) is 2.07. The second-order valence-corrected chi connectivity index (χ2v) is 7.18. The average molecular weight is 412 g/mol. The zero-order valence-corrected chi connectivity index (χ0v) is 16.2. The lowest BCUT2D eigenvalue weighted by molar-refractivity contribution is -0.367. The smallest absolute Gasteiger partial charge is 0.331 e. The number of alkyl halides is 3. The van der Waals surface area contributed by atoms with E-state index in [1.807, 2.05) is 59.5 Å². The Bertz CT molecular complexity index is 995. The highest BCUT2D eigenvalue weighted by molar-refractivity contribution is 5.94. The molecule has 0 unspecified atom stereocenters. The van der Waals surface area contributed by atoms with E-state index in [0.717, 1.165) is 23.4 Å². The van der Waals surface area contributed by atoms with Crippen molar-refractivity contribution in [2.24, 2.45) is 0 Å². The van der Waals surface area contributed by atoms with Crippen LogP contribution in [0.25, 0.3) is 11.1 Å². The van der Waals surface area contributed by atoms with E-state index in [-0.39, 0.29) is 5.91 Å². The van der Waals surface area contributed by atoms with Gasteiger partial charge in [0.25, 0.3) is 11.7 Å². The number of hydrogen-bond acceptors (Lipinski definition) is 2. The first-order valence-corrected chi connectivity index (χ1v) is 9.70. The molecule has 0 bridgehead atoms. The van der Waals surface area contributed by atoms with Crippen molar-refractivity contribution >= 4 is 11.7 Å². The second kappa shape index (κ2) is 8.18. The van der Waals surface area contributed by atoms with Crippen LogP contribution >= 0.6 is 0 Å². The lowest BCUT2D eigenvalue weighted by Gasteiger charge is -2.31. The standard InChI is InChI=1S/C23H20F3N3O/c24-23(25,26)20-10-11-21(27-16-20)28-12-14-29(15-13-28)22(30)19-8-6-18(7-9-19)17-4-2-1-3-5-17/h1-11,16H,12-15H2/p+1. The van der Waals surface area contributed by atoms with Crippen LogP contribution in [-0.4, -0.2) is 37.0 Å². The summed E-state index contributed by atoms with van der Waals surface area (Å²) in [5.74, 6) is 0.577. The third-order valence-corrected chi connectivity index (χ3v) is 5.27. The Morgan fingerprint density at radius 3 is 2.00 bits per heavy atom. The molecule has 1 saturated heterocycles. The number of piperazine rings is 1. The van der Waals surface area contributed by atoms with Crippen molar-refractivity contribution < 1.29 is 22.9 Å². The first kappa shape index (κ1) is 19.9. The van der Waals surface area contributed by atoms with Gasteiger partial charge < -0.3 is 4.90 Å². The third-order valence-electron chi connectivity index (χ3n) is 5.27. The first-order chi connectivity index (χ1) is 14.4. The molecule has 4 nitrogen and oxygen atoms in total. The molecule has 1 fully saturated rings. The predicted molar refractivity (Wildman–Crippen MR) is 108 cm³/mol. The number of nitrogens with zero attached hydrogens (tertiary/aromatic N) is 2. The Kier molecular flexibility index (Phi) is 5.44. The maximum absolute atomic E-state index is 12.8. The van der Waals surface area contributed by atoms with E-state index >= 15 is 0 Å². The van der Waals surface area contributed by atoms with Gasteiger partial charge in [-0.2, -0.15) is 13.2 Å². The van der Waals surface area contributed by atoms with Crippen LogP contribution in [0, 0.1) is 0 Å². The highest BCUT2D eigenvalue weighted by Gasteiger charge is 2.33. The van der Waals surface area contributed by atoms with Crippen LogP contribution < -0.4 is 9.88 Å². The van der Waals surface area contributed by atoms with Crippen LogP contribution in [0.15, 0.2) is 72.9 Å². The van der Waals surface area contributed by atoms with Crippen LogP contribution in [-0.2, 0) is 6.18 Å². The molecule has 1 aliphatic rings. The zero-order valence-electron chi connectivity index (χ0n) is 16.2. The fourth-order valence-corrected chi connectivity index (χ4v) is 3.56. The van der Waals surface area contributed by atoms with Crippen LogP contribution in [0.5, 0.6) is 0 Å². The van der Waals surface area contributed by atoms with E-state index in [1.165, 1.54) is 6.07 Å². The second-order valence-electron chi connectivity index (χ2n) is 7.18. The number of aromatic nitrogens is 1. The van der Waals surface area contributed by atoms with Crippen LogP contribution in [0.1, 0.15) is 15.9 Å². The van der Waals surface area contributed by atoms with Crippen molar-refractivity contribution in [2.45, 2.75) is 6.18 Å². The summed E-state index contributed by atoms with van der Waals surface area (Å²) >= 11 is 0. The van der Waals surface area contributed by atoms with Crippen molar-refractivity contribution in [2.75, 3.05) is 31.1 Å². The molecule has 0 spiro atoms. The highest BCUT2D eigenvalue weighted by atomic mass is 19.4. The molecule has 4 rings (SSSR count). The molecule has 154 valence electrons. The van der Waals surface area contributed by atoms with E-state index in [1.54, 1.807) is 4.90 Å². The summed E-state index contributed by atoms with van der Waals surface area (Å²) in [6, 6.07) is 20.0. The molecule has 1 amide bonds. The van der Waals surface area contributed by atoms with Gasteiger partial charge >= 0.3 is 6.18 Å². The van der Waals surface area contributed by atoms with E-state index < -0.39 is 11.7 Å². The molecule has 1 N–H and O–H groups in total. The van der Waals surface area contributed by atoms with Gasteiger partial charge in [-0.1, -0.05) is 42.5 Å². The van der Waals surface area contributed by atoms with E-state index in [2.05, 4.69) is 4.98 Å². The number of pyridine rings is 1. The van der Waals surface area contributed by atoms with Gasteiger partial charge in [0.05, 0.1) is 18.7 Å². The number of amides is 1. The van der Waals surface area contributed by atoms with E-state index in [4.69, 9.17) is 0 Å². The topological polar surface area (TPSA) is 37.7 Å². The monoisotopic (exact) mass is 412 g/mol. The van der Waals surface area contributed by atoms with Gasteiger partial charge in [0.15, 0.2) is 0 Å². The summed E-state index contributed by atoms with van der Waals surface area (Å²) in [5, 5.41) is 0. The molecule has 0 aliphatic carbocycles. The van der Waals surface area contributed by atoms with Crippen LogP contribution in [0.3, 0.4) is 0 Å². The molecule has 0 saturated carbocycles. The largest absolute Gasteiger partial charge is 0.419 e. The molecule has 1 aliphatic heterocycles. The SMILES string of the molecule is O=C(c1ccc(-c2ccccc2)cc1)N1CCN(c2ccc(C(F)(F)F)c[nH+]2)CC1. The Labute approximate surface area is 172 Å². The molecule has 1 aromatic heterocycles. The number of halogens is 3. The molecule has 2 aromatic carbocycles. The van der Waals surface area contributed by atoms with Gasteiger partial charge in [-0.05, 0) is 29.3 Å². The molecule has 0 radical (unpaired) electrons. The molecule has 3 aromatic rings. The number of carbonyl (C=O) groups excluding carboxylic acids is 1. The number of anilines is 1. The number of nitrogens with one attached hydrogen (secondary N) is 1. The maximum Gasteiger partial charge on any atom is 0.419 e. The first-order valence-electron chi connectivity index (χ1n) is 9.70. The number of hydrogen-bond donors (Lipinski definition) is 0. The Balaban J connectivity index is 1.37. The van der Waals surface area contributed by atoms with Crippen LogP contribution in [0.4, 0.5) is 19.0 Å². The minimum atomic E-state index is -4.36. The van der Waals surface area contributed by atoms with E-state index in [0.29, 0.717) is 37.6 Å². The molecule has 7 heteroatoms. The van der Waals surface area contributed by atoms with Gasteiger partial charge in [-0.25, -0.2) is 4.98 Å². The van der Waals surface area contributed by atoms with E-state index in [9.17, 15) is 18.0 Å². The van der Waals surface area contributed by atoms with Gasteiger partial charge in [-0.3, -0.25) is 9.69 Å². The van der Waals surface area contributed by atoms with Crippen molar-refractivity contribution in [3.8, 4) is 11.1 Å². The van der Waals surface area contributed by atoms with Gasteiger partial charge in [0.1, 0.15) is 19.3 Å². The van der Waals surface area contributed by atoms with Crippen molar-refractivity contribution in [1.82, 2.24) is 4.90 Å². The molecule has 2 heterocycles. The molecule has 0 atom stereocenters. The summed E-state index contributed by atoms with van der Waals surface area (Å²) in [6.07, 6.45) is -3.39. The van der Waals surface area contributed by atoms with Gasteiger partial charge in [0.2, 0.25) is 0 Å². The lowest BCUT2D eigenvalue weighted by Crippen LogP contribution is -2.50. The minimum absolute atomic E-state index is 0.0364. The van der Waals surface area contributed by atoms with Crippen molar-refractivity contribution in [3.63, 3.8) is 0 Å². The maximum atomic E-state index is 12.8. The number of aromatic amines is 1. The van der Waals surface area contributed by atoms with Crippen LogP contribution in [0.2, 0.25) is 0 Å². The quantitative estimate of drug-likeness (QED) is 0.648. The Hall–Kier alpha value is -3.35. The highest BCUT2D eigenvalue weighted by Crippen LogP contribution is 2.28. The number of carbonyl (C=O) groups is 1. The summed E-state index contributed by atoms with van der Waals surface area (Å²) in [4.78, 5) is 19.3. The minimum Gasteiger partial charge on any atom is -0.331 e. The Morgan fingerprint density at radius 2 is 1.43 bits per heavy atom. The molecular formula is C23H21F3N3O+. The lowest BCUT2D eigenvalue weighted by atomic mass is 10.0. The van der Waals surface area contributed by atoms with Gasteiger partial charge in [-0.15, -0.1) is 0 Å². The fourth-order valence-electron chi connectivity index (χ4n) is 3.56. The normalized spacial score (nSPS) is 14.6. The van der Waals surface area contributed by atoms with Crippen molar-refractivity contribution in [1.29, 1.82) is 0 Å². The fraction of sp³-hybridized carbons (Fsp3) is 0.217. The molecular weight excluding hydrogens is 391 g/mol. The number of rotatable bonds is 3. The zero-order chi connectivity index (χ0) is 21.1.